The number of non-ortho nitro benzene ring substituents is 1. The Hall–Kier alpha value is -2.22. The molecule has 1 heterocycles. The molecule has 1 aliphatic heterocycles. The highest BCUT2D eigenvalue weighted by Gasteiger charge is 2.31. The second-order valence-electron chi connectivity index (χ2n) is 4.92. The third-order valence-electron chi connectivity index (χ3n) is 3.61. The number of aliphatic hydroxyl groups is 1. The zero-order valence-electron chi connectivity index (χ0n) is 10.9. The van der Waals surface area contributed by atoms with Gasteiger partial charge < -0.3 is 10.0 Å². The third-order valence-corrected chi connectivity index (χ3v) is 3.61. The van der Waals surface area contributed by atoms with E-state index in [0.29, 0.717) is 18.8 Å². The lowest BCUT2D eigenvalue weighted by Gasteiger charge is -2.19. The number of nitro groups is 2. The van der Waals surface area contributed by atoms with Crippen molar-refractivity contribution < 1.29 is 15.0 Å². The number of rotatable bonds is 4. The molecule has 0 amide bonds. The fourth-order valence-electron chi connectivity index (χ4n) is 2.44. The van der Waals surface area contributed by atoms with Crippen LogP contribution in [0.3, 0.4) is 0 Å². The summed E-state index contributed by atoms with van der Waals surface area (Å²) in [4.78, 5) is 22.3. The number of hydrogen-bond donors (Lipinski definition) is 1. The summed E-state index contributed by atoms with van der Waals surface area (Å²) >= 11 is 0. The quantitative estimate of drug-likeness (QED) is 0.664. The molecule has 8 nitrogen and oxygen atoms in total. The molecule has 0 aromatic heterocycles. The van der Waals surface area contributed by atoms with Crippen molar-refractivity contribution in [2.75, 3.05) is 18.0 Å². The molecule has 2 atom stereocenters. The number of anilines is 1. The van der Waals surface area contributed by atoms with Gasteiger partial charge in [-0.15, -0.1) is 0 Å². The highest BCUT2D eigenvalue weighted by atomic mass is 16.6. The minimum absolute atomic E-state index is 0.0600. The van der Waals surface area contributed by atoms with Gasteiger partial charge in [0.25, 0.3) is 11.4 Å². The van der Waals surface area contributed by atoms with E-state index < -0.39 is 16.0 Å². The summed E-state index contributed by atoms with van der Waals surface area (Å²) in [5.41, 5.74) is -0.207. The maximum Gasteiger partial charge on any atom is 0.299 e. The van der Waals surface area contributed by atoms with Crippen LogP contribution in [0.1, 0.15) is 13.3 Å². The minimum atomic E-state index is -0.653. The SMILES string of the molecule is CC(O)C1CCN(c2ccc([N+](=O)[O-])cc2[N+](=O)[O-])C1. The van der Waals surface area contributed by atoms with Crippen LogP contribution in [0, 0.1) is 26.1 Å². The molecule has 1 aromatic rings. The van der Waals surface area contributed by atoms with Crippen molar-refractivity contribution in [3.63, 3.8) is 0 Å². The van der Waals surface area contributed by atoms with E-state index in [1.54, 1.807) is 11.8 Å². The van der Waals surface area contributed by atoms with Crippen LogP contribution in [0.5, 0.6) is 0 Å². The van der Waals surface area contributed by atoms with E-state index in [9.17, 15) is 25.3 Å². The van der Waals surface area contributed by atoms with Gasteiger partial charge in [-0.05, 0) is 19.4 Å². The van der Waals surface area contributed by atoms with E-state index in [1.807, 2.05) is 0 Å². The van der Waals surface area contributed by atoms with Gasteiger partial charge >= 0.3 is 0 Å². The summed E-state index contributed by atoms with van der Waals surface area (Å²) in [5, 5.41) is 31.3. The van der Waals surface area contributed by atoms with Crippen LogP contribution in [0.15, 0.2) is 18.2 Å². The molecule has 1 saturated heterocycles. The molecule has 1 N–H and O–H groups in total. The van der Waals surface area contributed by atoms with E-state index in [2.05, 4.69) is 0 Å². The fraction of sp³-hybridized carbons (Fsp3) is 0.500. The molecular formula is C12H15N3O5. The smallest absolute Gasteiger partial charge is 0.299 e. The Morgan fingerprint density at radius 2 is 2.05 bits per heavy atom. The molecule has 8 heteroatoms. The van der Waals surface area contributed by atoms with Gasteiger partial charge in [-0.3, -0.25) is 20.2 Å². The van der Waals surface area contributed by atoms with Crippen LogP contribution >= 0.6 is 0 Å². The molecule has 0 radical (unpaired) electrons. The molecular weight excluding hydrogens is 266 g/mol. The summed E-state index contributed by atoms with van der Waals surface area (Å²) in [5.74, 6) is 0.0600. The maximum absolute atomic E-state index is 11.1. The second kappa shape index (κ2) is 5.41. The zero-order valence-corrected chi connectivity index (χ0v) is 10.9. The van der Waals surface area contributed by atoms with Crippen LogP contribution < -0.4 is 4.90 Å². The molecule has 1 aromatic carbocycles. The van der Waals surface area contributed by atoms with E-state index in [4.69, 9.17) is 0 Å². The first kappa shape index (κ1) is 14.2. The number of nitro benzene ring substituents is 2. The van der Waals surface area contributed by atoms with Crippen molar-refractivity contribution in [2.45, 2.75) is 19.4 Å². The van der Waals surface area contributed by atoms with E-state index in [0.717, 1.165) is 12.5 Å². The van der Waals surface area contributed by atoms with Gasteiger partial charge in [-0.1, -0.05) is 0 Å². The summed E-state index contributed by atoms with van der Waals surface area (Å²) in [6, 6.07) is 3.64. The summed E-state index contributed by atoms with van der Waals surface area (Å²) in [7, 11) is 0. The molecule has 2 rings (SSSR count). The second-order valence-corrected chi connectivity index (χ2v) is 4.92. The lowest BCUT2D eigenvalue weighted by atomic mass is 10.0. The Morgan fingerprint density at radius 3 is 2.55 bits per heavy atom. The molecule has 0 spiro atoms. The zero-order chi connectivity index (χ0) is 14.9. The van der Waals surface area contributed by atoms with Crippen LogP contribution in [0.2, 0.25) is 0 Å². The first-order valence-corrected chi connectivity index (χ1v) is 6.26. The van der Waals surface area contributed by atoms with Crippen molar-refractivity contribution in [3.8, 4) is 0 Å². The van der Waals surface area contributed by atoms with E-state index in [-0.39, 0.29) is 17.3 Å². The predicted octanol–water partition coefficient (Wildman–Crippen LogP) is 1.71. The van der Waals surface area contributed by atoms with E-state index >= 15 is 0 Å². The van der Waals surface area contributed by atoms with Crippen molar-refractivity contribution in [1.82, 2.24) is 0 Å². The Balaban J connectivity index is 2.32. The summed E-state index contributed by atoms with van der Waals surface area (Å²) in [6.45, 7) is 2.79. The lowest BCUT2D eigenvalue weighted by molar-refractivity contribution is -0.393. The van der Waals surface area contributed by atoms with Gasteiger partial charge in [0, 0.05) is 25.1 Å². The van der Waals surface area contributed by atoms with Crippen LogP contribution in [-0.2, 0) is 0 Å². The highest BCUT2D eigenvalue weighted by molar-refractivity contribution is 5.67. The lowest BCUT2D eigenvalue weighted by Crippen LogP contribution is -2.24. The minimum Gasteiger partial charge on any atom is -0.393 e. The molecule has 0 saturated carbocycles. The predicted molar refractivity (Wildman–Crippen MR) is 71.8 cm³/mol. The molecule has 0 aliphatic carbocycles. The first-order valence-electron chi connectivity index (χ1n) is 6.26. The van der Waals surface area contributed by atoms with Crippen molar-refractivity contribution >= 4 is 17.1 Å². The third kappa shape index (κ3) is 2.69. The van der Waals surface area contributed by atoms with Gasteiger partial charge in [0.15, 0.2) is 0 Å². The Bertz CT molecular complexity index is 546. The fourth-order valence-corrected chi connectivity index (χ4v) is 2.44. The molecule has 20 heavy (non-hydrogen) atoms. The normalized spacial score (nSPS) is 19.9. The van der Waals surface area contributed by atoms with Crippen molar-refractivity contribution in [1.29, 1.82) is 0 Å². The molecule has 1 fully saturated rings. The summed E-state index contributed by atoms with van der Waals surface area (Å²) < 4.78 is 0. The van der Waals surface area contributed by atoms with Gasteiger partial charge in [-0.2, -0.15) is 0 Å². The number of hydrogen-bond acceptors (Lipinski definition) is 6. The van der Waals surface area contributed by atoms with Gasteiger partial charge in [-0.25, -0.2) is 0 Å². The number of nitrogens with zero attached hydrogens (tertiary/aromatic N) is 3. The molecule has 2 unspecified atom stereocenters. The van der Waals surface area contributed by atoms with Gasteiger partial charge in [0.1, 0.15) is 5.69 Å². The monoisotopic (exact) mass is 281 g/mol. The van der Waals surface area contributed by atoms with Crippen molar-refractivity contribution in [3.05, 3.63) is 38.4 Å². The van der Waals surface area contributed by atoms with Gasteiger partial charge in [0.2, 0.25) is 0 Å². The Morgan fingerprint density at radius 1 is 1.35 bits per heavy atom. The number of benzene rings is 1. The Labute approximate surface area is 114 Å². The first-order chi connectivity index (χ1) is 9.40. The Kier molecular flexibility index (Phi) is 3.84. The average molecular weight is 281 g/mol. The van der Waals surface area contributed by atoms with E-state index in [1.165, 1.54) is 12.1 Å². The highest BCUT2D eigenvalue weighted by Crippen LogP contribution is 2.35. The number of aliphatic hydroxyl groups excluding tert-OH is 1. The van der Waals surface area contributed by atoms with Crippen LogP contribution in [0.4, 0.5) is 17.1 Å². The molecule has 1 aliphatic rings. The summed E-state index contributed by atoms with van der Waals surface area (Å²) in [6.07, 6.45) is 0.267. The van der Waals surface area contributed by atoms with Gasteiger partial charge in [0.05, 0.1) is 22.0 Å². The molecule has 0 bridgehead atoms. The van der Waals surface area contributed by atoms with Crippen LogP contribution in [0.25, 0.3) is 0 Å². The topological polar surface area (TPSA) is 110 Å². The molecule has 108 valence electrons. The van der Waals surface area contributed by atoms with Crippen molar-refractivity contribution in [2.24, 2.45) is 5.92 Å². The largest absolute Gasteiger partial charge is 0.393 e. The maximum atomic E-state index is 11.1. The van der Waals surface area contributed by atoms with Crippen LogP contribution in [-0.4, -0.2) is 34.1 Å². The standard InChI is InChI=1S/C12H15N3O5/c1-8(16)9-4-5-13(7-9)11-3-2-10(14(17)18)6-12(11)15(19)20/h2-3,6,8-9,16H,4-5,7H2,1H3. The average Bonchev–Trinajstić information content (AvgIpc) is 2.87.